The Morgan fingerprint density at radius 3 is 2.68 bits per heavy atom. The lowest BCUT2D eigenvalue weighted by Crippen LogP contribution is -2.45. The van der Waals surface area contributed by atoms with E-state index >= 15 is 0 Å². The van der Waals surface area contributed by atoms with Crippen LogP contribution in [0.5, 0.6) is 0 Å². The average molecular weight is 407 g/mol. The molecule has 148 valence electrons. The topological polar surface area (TPSA) is 123 Å². The van der Waals surface area contributed by atoms with Crippen LogP contribution >= 0.6 is 11.6 Å². The number of imide groups is 1. The summed E-state index contributed by atoms with van der Waals surface area (Å²) in [6.45, 7) is 1.39. The highest BCUT2D eigenvalue weighted by molar-refractivity contribution is 6.30. The van der Waals surface area contributed by atoms with E-state index in [1.54, 1.807) is 24.3 Å². The summed E-state index contributed by atoms with van der Waals surface area (Å²) >= 11 is 5.84. The molecule has 1 aromatic heterocycles. The lowest BCUT2D eigenvalue weighted by atomic mass is 10.2. The zero-order chi connectivity index (χ0) is 20.1. The van der Waals surface area contributed by atoms with Crippen LogP contribution in [0.2, 0.25) is 5.02 Å². The van der Waals surface area contributed by atoms with Gasteiger partial charge in [-0.15, -0.1) is 0 Å². The van der Waals surface area contributed by atoms with Gasteiger partial charge in [0, 0.05) is 23.0 Å². The molecule has 3 rings (SSSR count). The number of nitrogens with zero attached hydrogens (tertiary/aromatic N) is 2. The van der Waals surface area contributed by atoms with E-state index in [1.807, 2.05) is 0 Å². The van der Waals surface area contributed by atoms with Gasteiger partial charge in [-0.2, -0.15) is 4.98 Å². The fourth-order valence-electron chi connectivity index (χ4n) is 2.25. The third-order valence-corrected chi connectivity index (χ3v) is 4.19. The molecule has 1 aromatic carbocycles. The first kappa shape index (κ1) is 19.8. The van der Waals surface area contributed by atoms with E-state index < -0.39 is 24.0 Å². The molecule has 9 nitrogen and oxygen atoms in total. The predicted molar refractivity (Wildman–Crippen MR) is 98.3 cm³/mol. The number of carbonyl (C=O) groups excluding carboxylic acids is 3. The Kier molecular flexibility index (Phi) is 6.25. The minimum atomic E-state index is -1.09. The van der Waals surface area contributed by atoms with Crippen molar-refractivity contribution in [1.29, 1.82) is 0 Å². The van der Waals surface area contributed by atoms with E-state index in [4.69, 9.17) is 20.9 Å². The van der Waals surface area contributed by atoms with Crippen LogP contribution in [0.15, 0.2) is 28.8 Å². The Labute approximate surface area is 165 Å². The van der Waals surface area contributed by atoms with Crippen LogP contribution in [0.1, 0.15) is 32.1 Å². The van der Waals surface area contributed by atoms with E-state index in [2.05, 4.69) is 20.8 Å². The molecule has 10 heteroatoms. The lowest BCUT2D eigenvalue weighted by molar-refractivity contribution is -0.154. The molecular formula is C18H19ClN4O5. The maximum Gasteiger partial charge on any atom is 0.321 e. The molecule has 0 aliphatic heterocycles. The minimum Gasteiger partial charge on any atom is -0.453 e. The number of hydrogen-bond acceptors (Lipinski definition) is 7. The van der Waals surface area contributed by atoms with Gasteiger partial charge in [0.05, 0.1) is 6.42 Å². The maximum atomic E-state index is 11.9. The van der Waals surface area contributed by atoms with Gasteiger partial charge >= 0.3 is 12.0 Å². The van der Waals surface area contributed by atoms with Crippen molar-refractivity contribution in [2.75, 3.05) is 0 Å². The molecule has 1 aliphatic rings. The molecule has 1 fully saturated rings. The van der Waals surface area contributed by atoms with Gasteiger partial charge in [0.15, 0.2) is 6.10 Å². The van der Waals surface area contributed by atoms with Crippen molar-refractivity contribution in [2.45, 2.75) is 44.8 Å². The van der Waals surface area contributed by atoms with Gasteiger partial charge in [-0.25, -0.2) is 4.79 Å². The van der Waals surface area contributed by atoms with E-state index in [9.17, 15) is 14.4 Å². The van der Waals surface area contributed by atoms with Crippen LogP contribution in [0.4, 0.5) is 4.79 Å². The van der Waals surface area contributed by atoms with E-state index in [1.165, 1.54) is 6.92 Å². The van der Waals surface area contributed by atoms with Gasteiger partial charge in [-0.05, 0) is 44.0 Å². The molecule has 3 amide bonds. The van der Waals surface area contributed by atoms with Gasteiger partial charge in [0.1, 0.15) is 0 Å². The molecule has 0 saturated heterocycles. The normalized spacial score (nSPS) is 14.2. The zero-order valence-electron chi connectivity index (χ0n) is 15.1. The summed E-state index contributed by atoms with van der Waals surface area (Å²) < 4.78 is 10.1. The highest BCUT2D eigenvalue weighted by Crippen LogP contribution is 2.19. The first-order valence-corrected chi connectivity index (χ1v) is 9.18. The molecular weight excluding hydrogens is 388 g/mol. The number of nitrogens with one attached hydrogen (secondary N) is 2. The summed E-state index contributed by atoms with van der Waals surface area (Å²) in [7, 11) is 0. The number of aromatic nitrogens is 2. The van der Waals surface area contributed by atoms with Crippen LogP contribution in [0.3, 0.4) is 0 Å². The molecule has 1 aliphatic carbocycles. The second kappa shape index (κ2) is 8.83. The number of hydrogen-bond donors (Lipinski definition) is 2. The van der Waals surface area contributed by atoms with Crippen LogP contribution in [-0.2, 0) is 20.7 Å². The number of rotatable bonds is 7. The molecule has 1 heterocycles. The van der Waals surface area contributed by atoms with Gasteiger partial charge in [-0.3, -0.25) is 14.9 Å². The van der Waals surface area contributed by atoms with Gasteiger partial charge in [0.2, 0.25) is 11.7 Å². The fourth-order valence-corrected chi connectivity index (χ4v) is 2.38. The maximum absolute atomic E-state index is 11.9. The second-order valence-corrected chi connectivity index (χ2v) is 6.82. The molecule has 2 aromatic rings. The number of amides is 3. The third kappa shape index (κ3) is 5.78. The Morgan fingerprint density at radius 2 is 2.00 bits per heavy atom. The Bertz CT molecular complexity index is 863. The minimum absolute atomic E-state index is 0.0475. The van der Waals surface area contributed by atoms with Crippen molar-refractivity contribution in [2.24, 2.45) is 0 Å². The van der Waals surface area contributed by atoms with Crippen LogP contribution < -0.4 is 10.6 Å². The SMILES string of the molecule is CC(OC(=O)CCc1nc(-c2ccc(Cl)cc2)no1)C(=O)NC(=O)NC1CC1. The van der Waals surface area contributed by atoms with Crippen molar-refractivity contribution < 1.29 is 23.6 Å². The molecule has 0 radical (unpaired) electrons. The Balaban J connectivity index is 1.42. The lowest BCUT2D eigenvalue weighted by Gasteiger charge is -2.12. The molecule has 28 heavy (non-hydrogen) atoms. The quantitative estimate of drug-likeness (QED) is 0.675. The first-order valence-electron chi connectivity index (χ1n) is 8.80. The molecule has 0 spiro atoms. The standard InChI is InChI=1S/C18H19ClN4O5/c1-10(17(25)22-18(26)20-13-6-7-13)27-15(24)9-8-14-21-16(23-28-14)11-2-4-12(19)5-3-11/h2-5,10,13H,6-9H2,1H3,(H2,20,22,25,26). The average Bonchev–Trinajstić information content (AvgIpc) is 3.33. The number of carbonyl (C=O) groups is 3. The number of halogens is 1. The number of urea groups is 1. The molecule has 0 bridgehead atoms. The number of ether oxygens (including phenoxy) is 1. The Morgan fingerprint density at radius 1 is 1.29 bits per heavy atom. The largest absolute Gasteiger partial charge is 0.453 e. The van der Waals surface area contributed by atoms with E-state index in [0.29, 0.717) is 10.8 Å². The van der Waals surface area contributed by atoms with E-state index in [-0.39, 0.29) is 24.8 Å². The van der Waals surface area contributed by atoms with Crippen molar-refractivity contribution in [3.05, 3.63) is 35.2 Å². The summed E-state index contributed by atoms with van der Waals surface area (Å²) in [4.78, 5) is 39.5. The number of benzene rings is 1. The van der Waals surface area contributed by atoms with Crippen LogP contribution in [0, 0.1) is 0 Å². The Hall–Kier alpha value is -2.94. The second-order valence-electron chi connectivity index (χ2n) is 6.39. The van der Waals surface area contributed by atoms with Crippen LogP contribution in [0.25, 0.3) is 11.4 Å². The molecule has 1 unspecified atom stereocenters. The van der Waals surface area contributed by atoms with E-state index in [0.717, 1.165) is 18.4 Å². The predicted octanol–water partition coefficient (Wildman–Crippen LogP) is 2.24. The molecule has 1 saturated carbocycles. The van der Waals surface area contributed by atoms with Gasteiger partial charge in [-0.1, -0.05) is 16.8 Å². The molecule has 2 N–H and O–H groups in total. The summed E-state index contributed by atoms with van der Waals surface area (Å²) in [5, 5.41) is 9.20. The first-order chi connectivity index (χ1) is 13.4. The summed E-state index contributed by atoms with van der Waals surface area (Å²) in [6.07, 6.45) is 0.831. The highest BCUT2D eigenvalue weighted by atomic mass is 35.5. The number of aryl methyl sites for hydroxylation is 1. The fraction of sp³-hybridized carbons (Fsp3) is 0.389. The third-order valence-electron chi connectivity index (χ3n) is 3.94. The summed E-state index contributed by atoms with van der Waals surface area (Å²) in [6, 6.07) is 6.47. The molecule has 1 atom stereocenters. The summed E-state index contributed by atoms with van der Waals surface area (Å²) in [5.41, 5.74) is 0.733. The van der Waals surface area contributed by atoms with Gasteiger partial charge < -0.3 is 14.6 Å². The summed E-state index contributed by atoms with van der Waals surface area (Å²) in [5.74, 6) is -0.650. The number of esters is 1. The van der Waals surface area contributed by atoms with Crippen molar-refractivity contribution in [1.82, 2.24) is 20.8 Å². The van der Waals surface area contributed by atoms with Crippen molar-refractivity contribution in [3.63, 3.8) is 0 Å². The zero-order valence-corrected chi connectivity index (χ0v) is 15.9. The smallest absolute Gasteiger partial charge is 0.321 e. The van der Waals surface area contributed by atoms with Crippen LogP contribution in [-0.4, -0.2) is 40.2 Å². The highest BCUT2D eigenvalue weighted by Gasteiger charge is 2.26. The van der Waals surface area contributed by atoms with Crippen molar-refractivity contribution in [3.8, 4) is 11.4 Å². The van der Waals surface area contributed by atoms with Gasteiger partial charge in [0.25, 0.3) is 5.91 Å². The monoisotopic (exact) mass is 406 g/mol. The van der Waals surface area contributed by atoms with Crippen molar-refractivity contribution >= 4 is 29.5 Å².